The van der Waals surface area contributed by atoms with Crippen LogP contribution in [0.2, 0.25) is 51.9 Å². The van der Waals surface area contributed by atoms with Crippen LogP contribution in [0, 0.1) is 0 Å². The zero-order valence-electron chi connectivity index (χ0n) is 22.3. The summed E-state index contributed by atoms with van der Waals surface area (Å²) in [5, 5.41) is 0. The van der Waals surface area contributed by atoms with E-state index < -0.39 is 37.1 Å². The summed E-state index contributed by atoms with van der Waals surface area (Å²) in [7, 11) is -5.71. The fraction of sp³-hybridized carbons (Fsp3) is 0.583. The van der Waals surface area contributed by atoms with Crippen LogP contribution >= 0.6 is 0 Å². The lowest BCUT2D eigenvalue weighted by atomic mass is 10.1. The van der Waals surface area contributed by atoms with Gasteiger partial charge in [-0.3, -0.25) is 0 Å². The minimum absolute atomic E-state index is 0.133. The molecule has 0 aliphatic heterocycles. The summed E-state index contributed by atoms with van der Waals surface area (Å²) < 4.78 is 28.9. The van der Waals surface area contributed by atoms with E-state index in [1.807, 2.05) is 12.1 Å². The summed E-state index contributed by atoms with van der Waals surface area (Å²) in [5.41, 5.74) is 0.543. The molecule has 10 heteroatoms. The van der Waals surface area contributed by atoms with Crippen LogP contribution in [0.4, 0.5) is 0 Å². The monoisotopic (exact) mass is 526 g/mol. The van der Waals surface area contributed by atoms with Gasteiger partial charge in [0.2, 0.25) is 0 Å². The minimum atomic E-state index is -2.27. The van der Waals surface area contributed by atoms with E-state index in [1.54, 1.807) is 26.0 Å². The maximum Gasteiger partial charge on any atom is 0.345 e. The van der Waals surface area contributed by atoms with Crippen molar-refractivity contribution in [2.24, 2.45) is 0 Å². The molecule has 0 spiro atoms. The molecule has 0 N–H and O–H groups in total. The van der Waals surface area contributed by atoms with E-state index in [1.165, 1.54) is 6.08 Å². The highest BCUT2D eigenvalue weighted by Gasteiger charge is 2.39. The van der Waals surface area contributed by atoms with E-state index in [-0.39, 0.29) is 18.8 Å². The molecule has 1 aromatic carbocycles. The van der Waals surface area contributed by atoms with Crippen molar-refractivity contribution in [1.29, 1.82) is 0 Å². The summed E-state index contributed by atoms with van der Waals surface area (Å²) in [4.78, 5) is 24.3. The predicted octanol–water partition coefficient (Wildman–Crippen LogP) is 5.74. The molecule has 1 aromatic rings. The van der Waals surface area contributed by atoms with E-state index in [0.29, 0.717) is 17.9 Å². The van der Waals surface area contributed by atoms with Crippen LogP contribution in [0.25, 0.3) is 6.08 Å². The van der Waals surface area contributed by atoms with Crippen LogP contribution in [0.1, 0.15) is 25.8 Å². The van der Waals surface area contributed by atoms with Gasteiger partial charge in [0.15, 0.2) is 16.6 Å². The molecule has 7 nitrogen and oxygen atoms in total. The Kier molecular flexibility index (Phi) is 11.9. The molecule has 0 aliphatic rings. The quantitative estimate of drug-likeness (QED) is 0.0763. The van der Waals surface area contributed by atoms with Crippen molar-refractivity contribution in [3.63, 3.8) is 0 Å². The average molecular weight is 527 g/mol. The molecular weight excluding hydrogens is 485 g/mol. The number of carbonyl (C=O) groups excluding carboxylic acids is 2. The lowest BCUT2D eigenvalue weighted by molar-refractivity contribution is -0.146. The number of esters is 2. The van der Waals surface area contributed by atoms with Gasteiger partial charge in [-0.15, -0.1) is 0 Å². The van der Waals surface area contributed by atoms with E-state index in [2.05, 4.69) is 45.8 Å². The largest absolute Gasteiger partial charge is 0.494 e. The molecule has 0 saturated heterocycles. The summed E-state index contributed by atoms with van der Waals surface area (Å²) in [5.74, 6) is -0.685. The third kappa shape index (κ3) is 12.1. The fourth-order valence-corrected chi connectivity index (χ4v) is 16.0. The first-order chi connectivity index (χ1) is 15.7. The van der Waals surface area contributed by atoms with Crippen LogP contribution < -0.4 is 4.74 Å². The van der Waals surface area contributed by atoms with Gasteiger partial charge in [-0.25, -0.2) is 9.59 Å². The first-order valence-corrected chi connectivity index (χ1v) is 21.2. The molecule has 1 rings (SSSR count). The third-order valence-electron chi connectivity index (χ3n) is 4.27. The second-order valence-corrected chi connectivity index (χ2v) is 22.9. The van der Waals surface area contributed by atoms with Gasteiger partial charge in [0.1, 0.15) is 11.3 Å². The molecular formula is C24H42O7Si3. The maximum atomic E-state index is 12.1. The van der Waals surface area contributed by atoms with Crippen molar-refractivity contribution >= 4 is 43.2 Å². The Morgan fingerprint density at radius 3 is 1.68 bits per heavy atom. The molecule has 0 aromatic heterocycles. The first-order valence-electron chi connectivity index (χ1n) is 11.9. The third-order valence-corrected chi connectivity index (χ3v) is 13.9. The van der Waals surface area contributed by atoms with Crippen molar-refractivity contribution in [1.82, 2.24) is 0 Å². The molecule has 192 valence electrons. The lowest BCUT2D eigenvalue weighted by Gasteiger charge is -2.38. The summed E-state index contributed by atoms with van der Waals surface area (Å²) >= 11 is 0. The molecule has 0 heterocycles. The van der Waals surface area contributed by atoms with Crippen LogP contribution in [0.15, 0.2) is 29.8 Å². The van der Waals surface area contributed by atoms with Crippen LogP contribution in [-0.4, -0.2) is 57.0 Å². The van der Waals surface area contributed by atoms with Crippen molar-refractivity contribution < 1.29 is 32.0 Å². The Labute approximate surface area is 208 Å². The Morgan fingerprint density at radius 1 is 0.794 bits per heavy atom. The zero-order valence-corrected chi connectivity index (χ0v) is 25.3. The Balaban J connectivity index is 2.78. The highest BCUT2D eigenvalue weighted by Crippen LogP contribution is 2.26. The van der Waals surface area contributed by atoms with E-state index in [0.717, 1.165) is 12.5 Å². The molecule has 0 fully saturated rings. The lowest BCUT2D eigenvalue weighted by Crippen LogP contribution is -2.52. The number of benzene rings is 1. The molecule has 0 bridgehead atoms. The van der Waals surface area contributed by atoms with Gasteiger partial charge in [0.25, 0.3) is 0 Å². The fourth-order valence-electron chi connectivity index (χ4n) is 3.45. The number of hydrogen-bond donors (Lipinski definition) is 0. The Bertz CT molecular complexity index is 788. The highest BCUT2D eigenvalue weighted by atomic mass is 28.5. The van der Waals surface area contributed by atoms with Gasteiger partial charge in [0, 0.05) is 0 Å². The number of hydrogen-bond acceptors (Lipinski definition) is 7. The van der Waals surface area contributed by atoms with E-state index in [9.17, 15) is 9.59 Å². The van der Waals surface area contributed by atoms with Crippen molar-refractivity contribution in [3.05, 3.63) is 35.4 Å². The average Bonchev–Trinajstić information content (AvgIpc) is 2.67. The van der Waals surface area contributed by atoms with E-state index >= 15 is 0 Å². The highest BCUT2D eigenvalue weighted by molar-refractivity contribution is 6.87. The Hall–Kier alpha value is -1.73. The second kappa shape index (κ2) is 13.4. The van der Waals surface area contributed by atoms with Crippen molar-refractivity contribution in [2.75, 3.05) is 19.8 Å². The van der Waals surface area contributed by atoms with Crippen LogP contribution in [0.3, 0.4) is 0 Å². The van der Waals surface area contributed by atoms with Crippen molar-refractivity contribution in [3.8, 4) is 5.75 Å². The molecule has 34 heavy (non-hydrogen) atoms. The maximum absolute atomic E-state index is 12.1. The molecule has 0 unspecified atom stereocenters. The topological polar surface area (TPSA) is 80.3 Å². The van der Waals surface area contributed by atoms with Gasteiger partial charge < -0.3 is 22.4 Å². The van der Waals surface area contributed by atoms with Crippen LogP contribution in [-0.2, 0) is 27.3 Å². The molecule has 0 aliphatic carbocycles. The minimum Gasteiger partial charge on any atom is -0.494 e. The van der Waals surface area contributed by atoms with Gasteiger partial charge in [0.05, 0.1) is 19.8 Å². The van der Waals surface area contributed by atoms with E-state index in [4.69, 9.17) is 22.4 Å². The van der Waals surface area contributed by atoms with Gasteiger partial charge in [-0.1, -0.05) is 12.1 Å². The first kappa shape index (κ1) is 30.3. The summed E-state index contributed by atoms with van der Waals surface area (Å²) in [6.45, 7) is 19.7. The smallest absolute Gasteiger partial charge is 0.345 e. The summed E-state index contributed by atoms with van der Waals surface area (Å²) in [6.07, 6.45) is 2.31. The summed E-state index contributed by atoms with van der Waals surface area (Å²) in [6, 6.07) is 8.08. The van der Waals surface area contributed by atoms with Gasteiger partial charge >= 0.3 is 20.5 Å². The normalized spacial score (nSPS) is 12.1. The zero-order chi connectivity index (χ0) is 26.0. The second-order valence-electron chi connectivity index (χ2n) is 10.1. The molecule has 0 radical (unpaired) electrons. The number of ether oxygens (including phenoxy) is 3. The molecule has 0 amide bonds. The standard InChI is InChI=1S/C24H42O7Si3/c1-10-27-23(25)22(24(26)28-11-2)19-20-13-15-21(16-14-20)29-17-12-18-34(9,30-32(3,4)5)31-33(6,7)8/h13-16,19H,10-12,17-18H2,1-9H3. The molecule has 0 atom stereocenters. The SMILES string of the molecule is CCOC(=O)C(=Cc1ccc(OCCC[Si](C)(O[Si](C)(C)C)O[Si](C)(C)C)cc1)C(=O)OCC. The number of rotatable bonds is 14. The Morgan fingerprint density at radius 2 is 1.26 bits per heavy atom. The van der Waals surface area contributed by atoms with Gasteiger partial charge in [-0.05, 0) is 95.9 Å². The predicted molar refractivity (Wildman–Crippen MR) is 143 cm³/mol. The molecule has 0 saturated carbocycles. The van der Waals surface area contributed by atoms with Crippen LogP contribution in [0.5, 0.6) is 5.75 Å². The number of carbonyl (C=O) groups is 2. The van der Waals surface area contributed by atoms with Gasteiger partial charge in [-0.2, -0.15) is 0 Å². The van der Waals surface area contributed by atoms with Crippen molar-refractivity contribution in [2.45, 2.75) is 72.1 Å².